The molecular weight excluding hydrogens is 316 g/mol. The normalized spacial score (nSPS) is 22.5. The molecule has 2 aliphatic rings. The van der Waals surface area contributed by atoms with E-state index in [1.54, 1.807) is 11.2 Å². The van der Waals surface area contributed by atoms with Crippen LogP contribution in [-0.4, -0.2) is 41.7 Å². The van der Waals surface area contributed by atoms with Crippen LogP contribution in [0.2, 0.25) is 0 Å². The number of para-hydroxylation sites is 1. The first-order valence-corrected chi connectivity index (χ1v) is 8.98. The molecule has 0 saturated carbocycles. The predicted molar refractivity (Wildman–Crippen MR) is 95.6 cm³/mol. The SMILES string of the molecule is CC1Cc2ccccc2N1Cc1ccoc1C(=O)N1CCC(CO)C1. The smallest absolute Gasteiger partial charge is 0.289 e. The van der Waals surface area contributed by atoms with Gasteiger partial charge >= 0.3 is 0 Å². The van der Waals surface area contributed by atoms with Crippen molar-refractivity contribution in [2.45, 2.75) is 32.4 Å². The second kappa shape index (κ2) is 6.56. The second-order valence-electron chi connectivity index (χ2n) is 7.17. The number of furan rings is 1. The van der Waals surface area contributed by atoms with Crippen molar-refractivity contribution in [2.24, 2.45) is 5.92 Å². The molecular formula is C20H24N2O3. The molecule has 25 heavy (non-hydrogen) atoms. The monoisotopic (exact) mass is 340 g/mol. The molecule has 2 unspecified atom stereocenters. The zero-order chi connectivity index (χ0) is 17.4. The Bertz CT molecular complexity index is 770. The molecule has 5 nitrogen and oxygen atoms in total. The maximum absolute atomic E-state index is 12.8. The lowest BCUT2D eigenvalue weighted by Gasteiger charge is -2.25. The van der Waals surface area contributed by atoms with Crippen LogP contribution in [0.5, 0.6) is 0 Å². The number of carbonyl (C=O) groups is 1. The summed E-state index contributed by atoms with van der Waals surface area (Å²) >= 11 is 0. The number of aliphatic hydroxyl groups is 1. The summed E-state index contributed by atoms with van der Waals surface area (Å²) in [5.74, 6) is 0.569. The molecule has 132 valence electrons. The molecule has 0 spiro atoms. The van der Waals surface area contributed by atoms with E-state index < -0.39 is 0 Å². The standard InChI is InChI=1S/C20H24N2O3/c1-14-10-16-4-2-3-5-18(16)22(14)12-17-7-9-25-19(17)20(24)21-8-6-15(11-21)13-23/h2-5,7,9,14-15,23H,6,8,10-13H2,1H3. The largest absolute Gasteiger partial charge is 0.459 e. The topological polar surface area (TPSA) is 56.9 Å². The first-order chi connectivity index (χ1) is 12.2. The Kier molecular flexibility index (Phi) is 4.25. The van der Waals surface area contributed by atoms with Gasteiger partial charge in [0.2, 0.25) is 0 Å². The number of fused-ring (bicyclic) bond motifs is 1. The van der Waals surface area contributed by atoms with E-state index in [9.17, 15) is 9.90 Å². The molecule has 1 aromatic heterocycles. The lowest BCUT2D eigenvalue weighted by Crippen LogP contribution is -2.32. The Labute approximate surface area is 147 Å². The molecule has 2 aliphatic heterocycles. The number of aliphatic hydroxyl groups excluding tert-OH is 1. The number of anilines is 1. The number of hydrogen-bond donors (Lipinski definition) is 1. The molecule has 0 bridgehead atoms. The van der Waals surface area contributed by atoms with Crippen molar-refractivity contribution in [3.63, 3.8) is 0 Å². The van der Waals surface area contributed by atoms with Crippen LogP contribution in [0.15, 0.2) is 41.0 Å². The van der Waals surface area contributed by atoms with Gasteiger partial charge in [0.15, 0.2) is 5.76 Å². The molecule has 1 amide bonds. The van der Waals surface area contributed by atoms with Gasteiger partial charge in [-0.25, -0.2) is 0 Å². The van der Waals surface area contributed by atoms with E-state index in [1.807, 2.05) is 6.07 Å². The van der Waals surface area contributed by atoms with Gasteiger partial charge in [0.25, 0.3) is 5.91 Å². The van der Waals surface area contributed by atoms with Gasteiger partial charge in [-0.3, -0.25) is 4.79 Å². The summed E-state index contributed by atoms with van der Waals surface area (Å²) in [5, 5.41) is 9.29. The summed E-state index contributed by atoms with van der Waals surface area (Å²) in [7, 11) is 0. The zero-order valence-electron chi connectivity index (χ0n) is 14.5. The van der Waals surface area contributed by atoms with Crippen LogP contribution >= 0.6 is 0 Å². The van der Waals surface area contributed by atoms with E-state index >= 15 is 0 Å². The van der Waals surface area contributed by atoms with Crippen LogP contribution in [0, 0.1) is 5.92 Å². The van der Waals surface area contributed by atoms with Crippen LogP contribution in [0.1, 0.15) is 35.0 Å². The maximum Gasteiger partial charge on any atom is 0.289 e. The number of benzene rings is 1. The first kappa shape index (κ1) is 16.2. The summed E-state index contributed by atoms with van der Waals surface area (Å²) in [6.45, 7) is 4.32. The van der Waals surface area contributed by atoms with Crippen LogP contribution in [0.4, 0.5) is 5.69 Å². The van der Waals surface area contributed by atoms with Gasteiger partial charge in [-0.2, -0.15) is 0 Å². The minimum Gasteiger partial charge on any atom is -0.459 e. The van der Waals surface area contributed by atoms with Crippen molar-refractivity contribution >= 4 is 11.6 Å². The van der Waals surface area contributed by atoms with Crippen molar-refractivity contribution in [3.05, 3.63) is 53.5 Å². The maximum atomic E-state index is 12.8. The molecule has 1 aromatic carbocycles. The fourth-order valence-corrected chi connectivity index (χ4v) is 4.01. The molecule has 0 radical (unpaired) electrons. The Morgan fingerprint density at radius 1 is 1.32 bits per heavy atom. The van der Waals surface area contributed by atoms with E-state index in [2.05, 4.69) is 36.1 Å². The van der Waals surface area contributed by atoms with E-state index in [0.29, 0.717) is 31.4 Å². The molecule has 5 heteroatoms. The molecule has 0 aliphatic carbocycles. The van der Waals surface area contributed by atoms with Crippen molar-refractivity contribution in [3.8, 4) is 0 Å². The summed E-state index contributed by atoms with van der Waals surface area (Å²) in [4.78, 5) is 17.0. The summed E-state index contributed by atoms with van der Waals surface area (Å²) in [6, 6.07) is 10.8. The third-order valence-corrected chi connectivity index (χ3v) is 5.46. The van der Waals surface area contributed by atoms with Crippen molar-refractivity contribution in [2.75, 3.05) is 24.6 Å². The summed E-state index contributed by atoms with van der Waals surface area (Å²) < 4.78 is 5.56. The summed E-state index contributed by atoms with van der Waals surface area (Å²) in [6.07, 6.45) is 3.49. The first-order valence-electron chi connectivity index (χ1n) is 8.98. The van der Waals surface area contributed by atoms with Crippen molar-refractivity contribution in [1.29, 1.82) is 0 Å². The highest BCUT2D eigenvalue weighted by Gasteiger charge is 2.31. The Morgan fingerprint density at radius 3 is 2.96 bits per heavy atom. The number of hydrogen-bond acceptors (Lipinski definition) is 4. The van der Waals surface area contributed by atoms with E-state index in [1.165, 1.54) is 11.3 Å². The third kappa shape index (κ3) is 2.93. The fourth-order valence-electron chi connectivity index (χ4n) is 4.01. The lowest BCUT2D eigenvalue weighted by molar-refractivity contribution is 0.0748. The molecule has 4 rings (SSSR count). The Hall–Kier alpha value is -2.27. The minimum absolute atomic E-state index is 0.0592. The number of nitrogens with zero attached hydrogens (tertiary/aromatic N) is 2. The van der Waals surface area contributed by atoms with Gasteiger partial charge in [-0.1, -0.05) is 18.2 Å². The summed E-state index contributed by atoms with van der Waals surface area (Å²) in [5.41, 5.74) is 3.54. The molecule has 1 saturated heterocycles. The fraction of sp³-hybridized carbons (Fsp3) is 0.450. The average Bonchev–Trinajstić information content (AvgIpc) is 3.34. The number of rotatable bonds is 4. The molecule has 1 N–H and O–H groups in total. The zero-order valence-corrected chi connectivity index (χ0v) is 14.5. The van der Waals surface area contributed by atoms with Crippen molar-refractivity contribution in [1.82, 2.24) is 4.90 Å². The van der Waals surface area contributed by atoms with Crippen LogP contribution in [0.3, 0.4) is 0 Å². The minimum atomic E-state index is -0.0592. The van der Waals surface area contributed by atoms with Gasteiger partial charge in [0, 0.05) is 49.5 Å². The highest BCUT2D eigenvalue weighted by atomic mass is 16.3. The molecule has 2 atom stereocenters. The highest BCUT2D eigenvalue weighted by molar-refractivity contribution is 5.93. The van der Waals surface area contributed by atoms with Gasteiger partial charge < -0.3 is 19.3 Å². The molecule has 1 fully saturated rings. The van der Waals surface area contributed by atoms with Gasteiger partial charge in [-0.05, 0) is 37.5 Å². The van der Waals surface area contributed by atoms with E-state index in [0.717, 1.165) is 18.4 Å². The highest BCUT2D eigenvalue weighted by Crippen LogP contribution is 2.34. The second-order valence-corrected chi connectivity index (χ2v) is 7.17. The quantitative estimate of drug-likeness (QED) is 0.930. The number of amides is 1. The predicted octanol–water partition coefficient (Wildman–Crippen LogP) is 2.69. The van der Waals surface area contributed by atoms with E-state index in [-0.39, 0.29) is 18.4 Å². The Morgan fingerprint density at radius 2 is 2.16 bits per heavy atom. The van der Waals surface area contributed by atoms with Crippen LogP contribution in [-0.2, 0) is 13.0 Å². The molecule has 2 aromatic rings. The lowest BCUT2D eigenvalue weighted by atomic mass is 10.1. The Balaban J connectivity index is 1.54. The number of likely N-dealkylation sites (tertiary alicyclic amines) is 1. The van der Waals surface area contributed by atoms with Crippen LogP contribution in [0.25, 0.3) is 0 Å². The third-order valence-electron chi connectivity index (χ3n) is 5.46. The molecule has 3 heterocycles. The van der Waals surface area contributed by atoms with Gasteiger partial charge in [0.1, 0.15) is 0 Å². The van der Waals surface area contributed by atoms with Crippen LogP contribution < -0.4 is 4.90 Å². The van der Waals surface area contributed by atoms with Crippen molar-refractivity contribution < 1.29 is 14.3 Å². The van der Waals surface area contributed by atoms with Gasteiger partial charge in [-0.15, -0.1) is 0 Å². The number of carbonyl (C=O) groups excluding carboxylic acids is 1. The van der Waals surface area contributed by atoms with Gasteiger partial charge in [0.05, 0.1) is 6.26 Å². The van der Waals surface area contributed by atoms with E-state index in [4.69, 9.17) is 4.42 Å². The average molecular weight is 340 g/mol.